The summed E-state index contributed by atoms with van der Waals surface area (Å²) in [7, 11) is -1.99. The Hall–Kier alpha value is -3.85. The number of carbonyl (C=O) groups is 2. The average Bonchev–Trinajstić information content (AvgIpc) is 2.92. The molecule has 0 radical (unpaired) electrons. The molecule has 0 saturated heterocycles. The van der Waals surface area contributed by atoms with Crippen LogP contribution in [0.4, 0.5) is 5.69 Å². The van der Waals surface area contributed by atoms with Gasteiger partial charge in [-0.15, -0.1) is 0 Å². The van der Waals surface area contributed by atoms with E-state index < -0.39 is 21.6 Å². The number of carbonyl (C=O) groups excluding carboxylic acids is 2. The van der Waals surface area contributed by atoms with Gasteiger partial charge in [0.25, 0.3) is 0 Å². The number of sulfonamides is 1. The van der Waals surface area contributed by atoms with Crippen molar-refractivity contribution in [3.05, 3.63) is 95.6 Å². The molecular weight excluding hydrogens is 550 g/mol. The number of aryl methyl sites for hydroxylation is 1. The number of hydrogen-bond acceptors (Lipinski definition) is 5. The minimum atomic E-state index is -3.58. The molecule has 3 rings (SSSR count). The summed E-state index contributed by atoms with van der Waals surface area (Å²) in [6, 6.07) is 23.5. The van der Waals surface area contributed by atoms with Gasteiger partial charge in [0.05, 0.1) is 19.1 Å². The maximum absolute atomic E-state index is 14.0. The highest BCUT2D eigenvalue weighted by molar-refractivity contribution is 7.92. The Kier molecular flexibility index (Phi) is 11.2. The van der Waals surface area contributed by atoms with Crippen molar-refractivity contribution in [1.82, 2.24) is 10.2 Å². The summed E-state index contributed by atoms with van der Waals surface area (Å²) in [5.41, 5.74) is 2.67. The fourth-order valence-corrected chi connectivity index (χ4v) is 5.82. The summed E-state index contributed by atoms with van der Waals surface area (Å²) >= 11 is 0. The van der Waals surface area contributed by atoms with Crippen molar-refractivity contribution in [2.75, 3.05) is 24.2 Å². The third-order valence-electron chi connectivity index (χ3n) is 6.79. The molecule has 42 heavy (non-hydrogen) atoms. The number of para-hydroxylation sites is 1. The third kappa shape index (κ3) is 9.62. The van der Waals surface area contributed by atoms with Gasteiger partial charge < -0.3 is 15.0 Å². The van der Waals surface area contributed by atoms with E-state index in [1.807, 2.05) is 94.4 Å². The highest BCUT2D eigenvalue weighted by Crippen LogP contribution is 2.24. The SMILES string of the molecule is COc1cccc(CN(C(=O)CCCN(c2ccccc2C)S(C)(=O)=O)[C@H](Cc2ccccc2)C(=O)NC(C)(C)C)c1. The van der Waals surface area contributed by atoms with Crippen LogP contribution in [-0.4, -0.2) is 56.6 Å². The van der Waals surface area contributed by atoms with Crippen LogP contribution in [0.3, 0.4) is 0 Å². The van der Waals surface area contributed by atoms with Crippen LogP contribution in [0.5, 0.6) is 5.75 Å². The molecule has 1 N–H and O–H groups in total. The second kappa shape index (κ2) is 14.4. The molecule has 0 aliphatic carbocycles. The summed E-state index contributed by atoms with van der Waals surface area (Å²) in [6.07, 6.45) is 1.85. The van der Waals surface area contributed by atoms with Crippen LogP contribution in [0.25, 0.3) is 0 Å². The lowest BCUT2D eigenvalue weighted by Crippen LogP contribution is -2.54. The van der Waals surface area contributed by atoms with Crippen LogP contribution in [-0.2, 0) is 32.6 Å². The Morgan fingerprint density at radius 2 is 1.57 bits per heavy atom. The summed E-state index contributed by atoms with van der Waals surface area (Å²) in [4.78, 5) is 29.3. The van der Waals surface area contributed by atoms with Gasteiger partial charge in [0.2, 0.25) is 21.8 Å². The average molecular weight is 594 g/mol. The van der Waals surface area contributed by atoms with E-state index in [9.17, 15) is 18.0 Å². The van der Waals surface area contributed by atoms with Crippen LogP contribution >= 0.6 is 0 Å². The summed E-state index contributed by atoms with van der Waals surface area (Å²) < 4.78 is 32.1. The normalized spacial score (nSPS) is 12.3. The van der Waals surface area contributed by atoms with Crippen molar-refractivity contribution in [2.24, 2.45) is 0 Å². The predicted octanol–water partition coefficient (Wildman–Crippen LogP) is 5.10. The van der Waals surface area contributed by atoms with Crippen molar-refractivity contribution >= 4 is 27.5 Å². The van der Waals surface area contributed by atoms with Gasteiger partial charge in [0.15, 0.2) is 0 Å². The number of rotatable bonds is 13. The Bertz CT molecular complexity index is 1450. The van der Waals surface area contributed by atoms with Gasteiger partial charge in [-0.2, -0.15) is 0 Å². The number of nitrogens with zero attached hydrogens (tertiary/aromatic N) is 2. The van der Waals surface area contributed by atoms with E-state index >= 15 is 0 Å². The third-order valence-corrected chi connectivity index (χ3v) is 7.97. The molecule has 0 saturated carbocycles. The fraction of sp³-hybridized carbons (Fsp3) is 0.394. The van der Waals surface area contributed by atoms with Gasteiger partial charge in [-0.3, -0.25) is 13.9 Å². The second-order valence-corrected chi connectivity index (χ2v) is 13.4. The van der Waals surface area contributed by atoms with E-state index in [4.69, 9.17) is 4.74 Å². The number of methoxy groups -OCH3 is 1. The van der Waals surface area contributed by atoms with E-state index in [0.29, 0.717) is 17.9 Å². The number of benzene rings is 3. The molecule has 0 fully saturated rings. The van der Waals surface area contributed by atoms with E-state index in [-0.39, 0.29) is 37.7 Å². The number of anilines is 1. The lowest BCUT2D eigenvalue weighted by molar-refractivity contribution is -0.142. The first kappa shape index (κ1) is 32.7. The molecular formula is C33H43N3O5S. The zero-order valence-electron chi connectivity index (χ0n) is 25.5. The van der Waals surface area contributed by atoms with Crippen molar-refractivity contribution in [3.63, 3.8) is 0 Å². The number of hydrogen-bond donors (Lipinski definition) is 1. The van der Waals surface area contributed by atoms with Gasteiger partial charge in [0, 0.05) is 31.5 Å². The van der Waals surface area contributed by atoms with Gasteiger partial charge in [-0.1, -0.05) is 60.7 Å². The van der Waals surface area contributed by atoms with Crippen molar-refractivity contribution in [3.8, 4) is 5.75 Å². The molecule has 2 amide bonds. The first-order valence-corrected chi connectivity index (χ1v) is 15.9. The van der Waals surface area contributed by atoms with Gasteiger partial charge >= 0.3 is 0 Å². The van der Waals surface area contributed by atoms with E-state index in [2.05, 4.69) is 5.32 Å². The molecule has 1 atom stereocenters. The Morgan fingerprint density at radius 3 is 2.19 bits per heavy atom. The Balaban J connectivity index is 1.93. The minimum absolute atomic E-state index is 0.0654. The van der Waals surface area contributed by atoms with Crippen LogP contribution in [0.2, 0.25) is 0 Å². The molecule has 0 unspecified atom stereocenters. The second-order valence-electron chi connectivity index (χ2n) is 11.5. The first-order chi connectivity index (χ1) is 19.8. The van der Waals surface area contributed by atoms with Crippen LogP contribution < -0.4 is 14.4 Å². The molecule has 3 aromatic carbocycles. The lowest BCUT2D eigenvalue weighted by Gasteiger charge is -2.34. The van der Waals surface area contributed by atoms with Gasteiger partial charge in [-0.05, 0) is 69.0 Å². The maximum Gasteiger partial charge on any atom is 0.243 e. The standard InChI is InChI=1S/C33H43N3O5S/c1-25-14-10-11-19-29(25)36(42(6,39)40)21-13-20-31(37)35(24-27-17-12-18-28(22-27)41-5)30(32(38)34-33(2,3)4)23-26-15-8-7-9-16-26/h7-12,14-19,22,30H,13,20-21,23-24H2,1-6H3,(H,34,38)/t30-/m1/s1. The Labute approximate surface area is 250 Å². The summed E-state index contributed by atoms with van der Waals surface area (Å²) in [5, 5.41) is 3.06. The number of ether oxygens (including phenoxy) is 1. The van der Waals surface area contributed by atoms with E-state index in [1.54, 1.807) is 24.1 Å². The molecule has 226 valence electrons. The summed E-state index contributed by atoms with van der Waals surface area (Å²) in [6.45, 7) is 7.91. The van der Waals surface area contributed by atoms with Crippen LogP contribution in [0.1, 0.15) is 50.3 Å². The molecule has 3 aromatic rings. The number of amides is 2. The zero-order chi connectivity index (χ0) is 30.9. The quantitative estimate of drug-likeness (QED) is 0.297. The van der Waals surface area contributed by atoms with Gasteiger partial charge in [0.1, 0.15) is 11.8 Å². The fourth-order valence-electron chi connectivity index (χ4n) is 4.80. The molecule has 0 bridgehead atoms. The molecule has 0 spiro atoms. The van der Waals surface area contributed by atoms with Crippen molar-refractivity contribution in [1.29, 1.82) is 0 Å². The lowest BCUT2D eigenvalue weighted by atomic mass is 10.00. The molecule has 0 heterocycles. The molecule has 0 aromatic heterocycles. The summed E-state index contributed by atoms with van der Waals surface area (Å²) in [5.74, 6) is 0.169. The topological polar surface area (TPSA) is 96.0 Å². The highest BCUT2D eigenvalue weighted by atomic mass is 32.2. The van der Waals surface area contributed by atoms with Gasteiger partial charge in [-0.25, -0.2) is 8.42 Å². The number of nitrogens with one attached hydrogen (secondary N) is 1. The maximum atomic E-state index is 14.0. The zero-order valence-corrected chi connectivity index (χ0v) is 26.3. The largest absolute Gasteiger partial charge is 0.497 e. The van der Waals surface area contributed by atoms with Crippen LogP contribution in [0, 0.1) is 6.92 Å². The highest BCUT2D eigenvalue weighted by Gasteiger charge is 2.32. The van der Waals surface area contributed by atoms with E-state index in [0.717, 1.165) is 16.7 Å². The predicted molar refractivity (Wildman–Crippen MR) is 168 cm³/mol. The first-order valence-electron chi connectivity index (χ1n) is 14.1. The monoisotopic (exact) mass is 593 g/mol. The van der Waals surface area contributed by atoms with E-state index in [1.165, 1.54) is 10.6 Å². The Morgan fingerprint density at radius 1 is 0.929 bits per heavy atom. The van der Waals surface area contributed by atoms with Crippen LogP contribution in [0.15, 0.2) is 78.9 Å². The van der Waals surface area contributed by atoms with Crippen molar-refractivity contribution < 1.29 is 22.7 Å². The molecule has 9 heteroatoms. The molecule has 0 aliphatic rings. The molecule has 0 aliphatic heterocycles. The minimum Gasteiger partial charge on any atom is -0.497 e. The van der Waals surface area contributed by atoms with Crippen molar-refractivity contribution in [2.45, 2.75) is 65.1 Å². The molecule has 8 nitrogen and oxygen atoms in total. The smallest absolute Gasteiger partial charge is 0.243 e.